The van der Waals surface area contributed by atoms with Gasteiger partial charge in [-0.1, -0.05) is 176 Å². The zero-order chi connectivity index (χ0) is 48.3. The fourth-order valence-electron chi connectivity index (χ4n) is 10.3. The van der Waals surface area contributed by atoms with Gasteiger partial charge in [0.25, 0.3) is 0 Å². The fraction of sp³-hybridized carbons (Fsp3) is 0.0156. The summed E-state index contributed by atoms with van der Waals surface area (Å²) in [5.74, 6) is 1.21. The normalized spacial score (nSPS) is 11.8. The van der Waals surface area contributed by atoms with E-state index in [1.807, 2.05) is 174 Å². The van der Waals surface area contributed by atoms with Crippen molar-refractivity contribution in [2.75, 3.05) is 0 Å². The van der Waals surface area contributed by atoms with Gasteiger partial charge in [0.2, 0.25) is 0 Å². The molecule has 0 radical (unpaired) electrons. The first kappa shape index (κ1) is 42.7. The van der Waals surface area contributed by atoms with Crippen LogP contribution in [0.2, 0.25) is 0 Å². The molecule has 0 unspecified atom stereocenters. The van der Waals surface area contributed by atoms with E-state index in [0.29, 0.717) is 40.0 Å². The Balaban J connectivity index is 1.14. The molecule has 0 N–H and O–H groups in total. The summed E-state index contributed by atoms with van der Waals surface area (Å²) in [6.07, 6.45) is -4.77. The van der Waals surface area contributed by atoms with Crippen molar-refractivity contribution in [3.05, 3.63) is 248 Å². The molecule has 13 aromatic rings. The SMILES string of the molecule is FC(F)(F)c1cccc(-n2c3ccccc3c3cc(-c4ccccc4)ccc32)c1-c1cc(-c2nc(-c3ccccc3)nc(-c3ccccc3)n2)ccc1-n1c2ccccc2c2cc(-c3ccccc3)ccc21. The molecule has 0 atom stereocenters. The molecule has 0 bridgehead atoms. The van der Waals surface area contributed by atoms with E-state index < -0.39 is 11.7 Å². The van der Waals surface area contributed by atoms with Crippen molar-refractivity contribution in [1.29, 1.82) is 0 Å². The monoisotopic (exact) mass is 935 g/mol. The fourth-order valence-corrected chi connectivity index (χ4v) is 10.3. The minimum Gasteiger partial charge on any atom is -0.309 e. The van der Waals surface area contributed by atoms with Crippen LogP contribution in [0.4, 0.5) is 13.2 Å². The topological polar surface area (TPSA) is 48.5 Å². The Bertz CT molecular complexity index is 4130. The van der Waals surface area contributed by atoms with Gasteiger partial charge in [0, 0.05) is 49.4 Å². The summed E-state index contributed by atoms with van der Waals surface area (Å²) in [5, 5.41) is 3.79. The summed E-state index contributed by atoms with van der Waals surface area (Å²) in [4.78, 5) is 15.1. The van der Waals surface area contributed by atoms with Crippen LogP contribution in [0.1, 0.15) is 5.56 Å². The largest absolute Gasteiger partial charge is 0.417 e. The van der Waals surface area contributed by atoms with Gasteiger partial charge < -0.3 is 9.13 Å². The number of benzene rings is 10. The minimum absolute atomic E-state index is 0.0177. The number of nitrogens with zero attached hydrogens (tertiary/aromatic N) is 5. The van der Waals surface area contributed by atoms with Gasteiger partial charge in [-0.2, -0.15) is 13.2 Å². The lowest BCUT2D eigenvalue weighted by atomic mass is 9.93. The Kier molecular flexibility index (Phi) is 10.2. The second kappa shape index (κ2) is 17.2. The molecule has 0 aliphatic heterocycles. The first-order chi connectivity index (χ1) is 35.4. The second-order valence-corrected chi connectivity index (χ2v) is 17.9. The Morgan fingerprint density at radius 2 is 0.694 bits per heavy atom. The Labute approximate surface area is 412 Å². The molecule has 0 saturated heterocycles. The number of rotatable bonds is 8. The maximum absolute atomic E-state index is 16.3. The summed E-state index contributed by atoms with van der Waals surface area (Å²) in [6.45, 7) is 0. The molecule has 0 aliphatic rings. The highest BCUT2D eigenvalue weighted by Gasteiger charge is 2.37. The number of alkyl halides is 3. The quantitative estimate of drug-likeness (QED) is 0.153. The number of aromatic nitrogens is 5. The van der Waals surface area contributed by atoms with E-state index >= 15 is 13.2 Å². The molecule has 5 nitrogen and oxygen atoms in total. The van der Waals surface area contributed by atoms with Gasteiger partial charge in [-0.05, 0) is 89.0 Å². The van der Waals surface area contributed by atoms with Gasteiger partial charge in [-0.15, -0.1) is 0 Å². The smallest absolute Gasteiger partial charge is 0.309 e. The Morgan fingerprint density at radius 1 is 0.292 bits per heavy atom. The van der Waals surface area contributed by atoms with Gasteiger partial charge >= 0.3 is 6.18 Å². The molecule has 72 heavy (non-hydrogen) atoms. The molecule has 8 heteroatoms. The van der Waals surface area contributed by atoms with E-state index in [9.17, 15) is 0 Å². The minimum atomic E-state index is -4.77. The lowest BCUT2D eigenvalue weighted by molar-refractivity contribution is -0.137. The molecule has 13 rings (SSSR count). The van der Waals surface area contributed by atoms with E-state index in [0.717, 1.165) is 77.0 Å². The van der Waals surface area contributed by atoms with Crippen LogP contribution < -0.4 is 0 Å². The van der Waals surface area contributed by atoms with Crippen LogP contribution in [0.25, 0.3) is 123 Å². The van der Waals surface area contributed by atoms with Crippen LogP contribution in [0.3, 0.4) is 0 Å². The third-order valence-corrected chi connectivity index (χ3v) is 13.6. The molecule has 0 spiro atoms. The Hall–Kier alpha value is -9.40. The molecule has 0 fully saturated rings. The van der Waals surface area contributed by atoms with E-state index in [-0.39, 0.29) is 5.56 Å². The predicted molar refractivity (Wildman–Crippen MR) is 286 cm³/mol. The highest BCUT2D eigenvalue weighted by molar-refractivity contribution is 6.13. The standard InChI is InChI=1S/C64H40F3N5/c65-64(66,67)53-28-17-31-59(72-55-30-16-14-27-49(55)51-39-46(33-36-57(51)72)42-20-7-2-8-21-42)60(53)52-40-47(63-69-61(43-22-9-3-10-23-43)68-62(70-63)44-24-11-4-12-25-44)34-37-58(52)71-54-29-15-13-26-48(54)50-38-45(32-35-56(50)71)41-18-5-1-6-19-41/h1-40H. The van der Waals surface area contributed by atoms with E-state index in [4.69, 9.17) is 15.0 Å². The number of halogens is 3. The average Bonchev–Trinajstić information content (AvgIpc) is 3.95. The van der Waals surface area contributed by atoms with Crippen molar-refractivity contribution in [2.24, 2.45) is 0 Å². The molecule has 3 heterocycles. The third kappa shape index (κ3) is 7.31. The molecule has 0 saturated carbocycles. The summed E-state index contributed by atoms with van der Waals surface area (Å²) in [7, 11) is 0. The maximum Gasteiger partial charge on any atom is 0.417 e. The molecule has 0 aliphatic carbocycles. The molecule has 342 valence electrons. The molecule has 0 amide bonds. The van der Waals surface area contributed by atoms with Crippen molar-refractivity contribution < 1.29 is 13.2 Å². The Morgan fingerprint density at radius 3 is 1.18 bits per heavy atom. The van der Waals surface area contributed by atoms with E-state index in [1.54, 1.807) is 6.07 Å². The zero-order valence-electron chi connectivity index (χ0n) is 38.5. The molecular formula is C64H40F3N5. The lowest BCUT2D eigenvalue weighted by Gasteiger charge is -2.23. The summed E-state index contributed by atoms with van der Waals surface area (Å²) >= 11 is 0. The second-order valence-electron chi connectivity index (χ2n) is 17.9. The highest BCUT2D eigenvalue weighted by Crippen LogP contribution is 2.48. The number of para-hydroxylation sites is 2. The first-order valence-corrected chi connectivity index (χ1v) is 23.8. The van der Waals surface area contributed by atoms with Gasteiger partial charge in [0.1, 0.15) is 0 Å². The summed E-state index contributed by atoms with van der Waals surface area (Å²) < 4.78 is 52.9. The van der Waals surface area contributed by atoms with E-state index in [2.05, 4.69) is 59.2 Å². The molecular weight excluding hydrogens is 896 g/mol. The summed E-state index contributed by atoms with van der Waals surface area (Å²) in [6, 6.07) is 78.4. The third-order valence-electron chi connectivity index (χ3n) is 13.6. The van der Waals surface area contributed by atoms with E-state index in [1.165, 1.54) is 12.1 Å². The van der Waals surface area contributed by atoms with Crippen LogP contribution in [0.15, 0.2) is 243 Å². The predicted octanol–water partition coefficient (Wildman–Crippen LogP) is 17.1. The van der Waals surface area contributed by atoms with Crippen molar-refractivity contribution in [1.82, 2.24) is 24.1 Å². The maximum atomic E-state index is 16.3. The average molecular weight is 936 g/mol. The van der Waals surface area contributed by atoms with Crippen molar-refractivity contribution in [3.63, 3.8) is 0 Å². The molecule has 3 aromatic heterocycles. The summed E-state index contributed by atoms with van der Waals surface area (Å²) in [5.41, 5.74) is 10.0. The van der Waals surface area contributed by atoms with Crippen molar-refractivity contribution in [2.45, 2.75) is 6.18 Å². The van der Waals surface area contributed by atoms with Crippen LogP contribution in [-0.4, -0.2) is 24.1 Å². The van der Waals surface area contributed by atoms with Crippen molar-refractivity contribution >= 4 is 43.6 Å². The highest BCUT2D eigenvalue weighted by atomic mass is 19.4. The zero-order valence-corrected chi connectivity index (χ0v) is 38.5. The van der Waals surface area contributed by atoms with Crippen LogP contribution in [0.5, 0.6) is 0 Å². The number of hydrogen-bond acceptors (Lipinski definition) is 3. The first-order valence-electron chi connectivity index (χ1n) is 23.8. The van der Waals surface area contributed by atoms with Crippen LogP contribution >= 0.6 is 0 Å². The van der Waals surface area contributed by atoms with Gasteiger partial charge in [0.15, 0.2) is 17.5 Å². The number of fused-ring (bicyclic) bond motifs is 6. The van der Waals surface area contributed by atoms with Crippen molar-refractivity contribution in [3.8, 4) is 78.9 Å². The van der Waals surface area contributed by atoms with Gasteiger partial charge in [-0.25, -0.2) is 15.0 Å². The van der Waals surface area contributed by atoms with Gasteiger partial charge in [-0.3, -0.25) is 0 Å². The van der Waals surface area contributed by atoms with Crippen LogP contribution in [-0.2, 0) is 6.18 Å². The number of hydrogen-bond donors (Lipinski definition) is 0. The lowest BCUT2D eigenvalue weighted by Crippen LogP contribution is -2.11. The molecule has 10 aromatic carbocycles. The van der Waals surface area contributed by atoms with Gasteiger partial charge in [0.05, 0.1) is 39.0 Å². The van der Waals surface area contributed by atoms with Crippen LogP contribution in [0, 0.1) is 0 Å².